The summed E-state index contributed by atoms with van der Waals surface area (Å²) in [5, 5.41) is 12.8. The molecule has 3 heterocycles. The predicted octanol–water partition coefficient (Wildman–Crippen LogP) is 4.25. The summed E-state index contributed by atoms with van der Waals surface area (Å²) in [6.07, 6.45) is 5.00. The van der Waals surface area contributed by atoms with Crippen molar-refractivity contribution >= 4 is 29.0 Å². The van der Waals surface area contributed by atoms with E-state index in [1.165, 1.54) is 48.7 Å². The third-order valence-electron chi connectivity index (χ3n) is 6.50. The number of nitrogens with zero attached hydrogens (tertiary/aromatic N) is 5. The van der Waals surface area contributed by atoms with Crippen molar-refractivity contribution in [2.24, 2.45) is 0 Å². The molecule has 0 spiro atoms. The summed E-state index contributed by atoms with van der Waals surface area (Å²) in [6.45, 7) is 5.96. The Morgan fingerprint density at radius 2 is 1.56 bits per heavy atom. The highest BCUT2D eigenvalue weighted by Gasteiger charge is 2.19. The Balaban J connectivity index is 1.22. The molecule has 0 bridgehead atoms. The Kier molecular flexibility index (Phi) is 7.46. The molecule has 2 aliphatic rings. The minimum atomic E-state index is -0.0331. The first-order chi connectivity index (χ1) is 16.7. The summed E-state index contributed by atoms with van der Waals surface area (Å²) in [5.41, 5.74) is 3.26. The number of likely N-dealkylation sites (tertiary alicyclic amines) is 1. The molecule has 2 saturated heterocycles. The number of rotatable bonds is 9. The van der Waals surface area contributed by atoms with E-state index in [2.05, 4.69) is 66.3 Å². The molecule has 1 N–H and O–H groups in total. The zero-order chi connectivity index (χ0) is 23.2. The molecule has 1 aromatic heterocycles. The van der Waals surface area contributed by atoms with Gasteiger partial charge in [0.2, 0.25) is 5.91 Å². The second kappa shape index (κ2) is 11.1. The van der Waals surface area contributed by atoms with E-state index in [1.807, 2.05) is 18.2 Å². The first kappa shape index (κ1) is 22.9. The van der Waals surface area contributed by atoms with Crippen LogP contribution < -0.4 is 10.2 Å². The molecule has 178 valence electrons. The molecule has 1 amide bonds. The summed E-state index contributed by atoms with van der Waals surface area (Å²) < 4.78 is 2.16. The van der Waals surface area contributed by atoms with Crippen molar-refractivity contribution in [3.63, 3.8) is 0 Å². The monoisotopic (exact) mass is 476 g/mol. The average Bonchev–Trinajstić information content (AvgIpc) is 3.63. The number of benzene rings is 2. The molecule has 2 aliphatic heterocycles. The van der Waals surface area contributed by atoms with Gasteiger partial charge in [-0.15, -0.1) is 10.2 Å². The number of thioether (sulfide) groups is 1. The largest absolute Gasteiger partial charge is 0.372 e. The zero-order valence-corrected chi connectivity index (χ0v) is 20.3. The summed E-state index contributed by atoms with van der Waals surface area (Å²) in [5.74, 6) is 1.23. The van der Waals surface area contributed by atoms with Crippen molar-refractivity contribution in [1.29, 1.82) is 0 Å². The van der Waals surface area contributed by atoms with Crippen LogP contribution in [-0.2, 0) is 17.9 Å². The van der Waals surface area contributed by atoms with E-state index >= 15 is 0 Å². The van der Waals surface area contributed by atoms with Crippen LogP contribution in [0.25, 0.3) is 0 Å². The van der Waals surface area contributed by atoms with Gasteiger partial charge in [0, 0.05) is 24.5 Å². The summed E-state index contributed by atoms with van der Waals surface area (Å²) in [6, 6.07) is 18.5. The van der Waals surface area contributed by atoms with E-state index in [-0.39, 0.29) is 5.91 Å². The van der Waals surface area contributed by atoms with Crippen molar-refractivity contribution in [1.82, 2.24) is 19.7 Å². The molecule has 0 saturated carbocycles. The van der Waals surface area contributed by atoms with E-state index in [9.17, 15) is 4.79 Å². The van der Waals surface area contributed by atoms with Gasteiger partial charge in [-0.25, -0.2) is 0 Å². The number of hydrogen-bond acceptors (Lipinski definition) is 6. The van der Waals surface area contributed by atoms with Gasteiger partial charge in [-0.05, 0) is 68.6 Å². The van der Waals surface area contributed by atoms with E-state index in [0.29, 0.717) is 12.3 Å². The zero-order valence-electron chi connectivity index (χ0n) is 19.5. The highest BCUT2D eigenvalue weighted by Crippen LogP contribution is 2.24. The molecular weight excluding hydrogens is 444 g/mol. The Morgan fingerprint density at radius 3 is 2.29 bits per heavy atom. The van der Waals surface area contributed by atoms with Gasteiger partial charge in [-0.1, -0.05) is 42.1 Å². The van der Waals surface area contributed by atoms with Gasteiger partial charge in [0.25, 0.3) is 0 Å². The molecule has 0 aliphatic carbocycles. The van der Waals surface area contributed by atoms with E-state index in [4.69, 9.17) is 0 Å². The number of carbonyl (C=O) groups is 1. The van der Waals surface area contributed by atoms with Gasteiger partial charge in [-0.2, -0.15) is 0 Å². The third-order valence-corrected chi connectivity index (χ3v) is 7.46. The molecule has 5 rings (SSSR count). The fraction of sp³-hybridized carbons (Fsp3) is 0.423. The Bertz CT molecular complexity index is 1070. The van der Waals surface area contributed by atoms with Crippen LogP contribution in [-0.4, -0.2) is 57.5 Å². The molecule has 8 heteroatoms. The van der Waals surface area contributed by atoms with Crippen molar-refractivity contribution in [2.45, 2.75) is 43.9 Å². The smallest absolute Gasteiger partial charge is 0.234 e. The lowest BCUT2D eigenvalue weighted by Gasteiger charge is -2.17. The number of carbonyl (C=O) groups excluding carboxylic acids is 1. The SMILES string of the molecule is O=C(CSc1nnc(CN2CCCC2)n1Cc1ccccc1)Nc1ccc(N2CCCC2)cc1. The fourth-order valence-electron chi connectivity index (χ4n) is 4.67. The molecule has 0 atom stereocenters. The lowest BCUT2D eigenvalue weighted by molar-refractivity contribution is -0.113. The first-order valence-electron chi connectivity index (χ1n) is 12.2. The number of nitrogens with one attached hydrogen (secondary N) is 1. The molecule has 2 fully saturated rings. The van der Waals surface area contributed by atoms with Crippen LogP contribution in [0.2, 0.25) is 0 Å². The lowest BCUT2D eigenvalue weighted by atomic mass is 10.2. The minimum absolute atomic E-state index is 0.0331. The Morgan fingerprint density at radius 1 is 0.853 bits per heavy atom. The van der Waals surface area contributed by atoms with Gasteiger partial charge in [0.15, 0.2) is 5.16 Å². The molecule has 7 nitrogen and oxygen atoms in total. The molecule has 2 aromatic carbocycles. The highest BCUT2D eigenvalue weighted by molar-refractivity contribution is 7.99. The van der Waals surface area contributed by atoms with Gasteiger partial charge >= 0.3 is 0 Å². The van der Waals surface area contributed by atoms with Gasteiger partial charge < -0.3 is 14.8 Å². The fourth-order valence-corrected chi connectivity index (χ4v) is 5.42. The van der Waals surface area contributed by atoms with E-state index < -0.39 is 0 Å². The second-order valence-electron chi connectivity index (χ2n) is 9.03. The summed E-state index contributed by atoms with van der Waals surface area (Å²) in [7, 11) is 0. The quantitative estimate of drug-likeness (QED) is 0.466. The maximum atomic E-state index is 12.7. The van der Waals surface area contributed by atoms with E-state index in [1.54, 1.807) is 0 Å². The first-order valence-corrected chi connectivity index (χ1v) is 13.2. The Hall–Kier alpha value is -2.84. The van der Waals surface area contributed by atoms with Gasteiger partial charge in [-0.3, -0.25) is 9.69 Å². The van der Waals surface area contributed by atoms with Crippen LogP contribution in [0.3, 0.4) is 0 Å². The molecule has 0 unspecified atom stereocenters. The lowest BCUT2D eigenvalue weighted by Crippen LogP contribution is -2.22. The van der Waals surface area contributed by atoms with Crippen molar-refractivity contribution in [3.05, 3.63) is 66.0 Å². The van der Waals surface area contributed by atoms with Crippen LogP contribution in [0.15, 0.2) is 59.8 Å². The summed E-state index contributed by atoms with van der Waals surface area (Å²) >= 11 is 1.45. The molecular formula is C26H32N6OS. The van der Waals surface area contributed by atoms with Gasteiger partial charge in [0.1, 0.15) is 5.82 Å². The summed E-state index contributed by atoms with van der Waals surface area (Å²) in [4.78, 5) is 17.5. The molecule has 3 aromatic rings. The Labute approximate surface area is 205 Å². The topological polar surface area (TPSA) is 66.3 Å². The van der Waals surface area contributed by atoms with Gasteiger partial charge in [0.05, 0.1) is 18.8 Å². The van der Waals surface area contributed by atoms with E-state index in [0.717, 1.165) is 49.4 Å². The molecule has 0 radical (unpaired) electrons. The normalized spacial score (nSPS) is 16.3. The molecule has 34 heavy (non-hydrogen) atoms. The standard InChI is InChI=1S/C26H32N6OS/c33-25(27-22-10-12-23(13-11-22)31-16-6-7-17-31)20-34-26-29-28-24(19-30-14-4-5-15-30)32(26)18-21-8-2-1-3-9-21/h1-3,8-13H,4-7,14-20H2,(H,27,33). The maximum Gasteiger partial charge on any atom is 0.234 e. The number of amides is 1. The highest BCUT2D eigenvalue weighted by atomic mass is 32.2. The second-order valence-corrected chi connectivity index (χ2v) is 9.97. The minimum Gasteiger partial charge on any atom is -0.372 e. The van der Waals surface area contributed by atoms with Crippen molar-refractivity contribution < 1.29 is 4.79 Å². The van der Waals surface area contributed by atoms with Crippen molar-refractivity contribution in [3.8, 4) is 0 Å². The third kappa shape index (κ3) is 5.80. The van der Waals surface area contributed by atoms with Crippen LogP contribution >= 0.6 is 11.8 Å². The van der Waals surface area contributed by atoms with Crippen LogP contribution in [0.1, 0.15) is 37.1 Å². The number of aromatic nitrogens is 3. The van der Waals surface area contributed by atoms with Crippen LogP contribution in [0.4, 0.5) is 11.4 Å². The number of anilines is 2. The predicted molar refractivity (Wildman–Crippen MR) is 137 cm³/mol. The van der Waals surface area contributed by atoms with Crippen LogP contribution in [0, 0.1) is 0 Å². The van der Waals surface area contributed by atoms with Crippen LogP contribution in [0.5, 0.6) is 0 Å². The average molecular weight is 477 g/mol. The maximum absolute atomic E-state index is 12.7. The number of hydrogen-bond donors (Lipinski definition) is 1. The van der Waals surface area contributed by atoms with Crippen molar-refractivity contribution in [2.75, 3.05) is 42.1 Å².